The van der Waals surface area contributed by atoms with E-state index in [4.69, 9.17) is 16.3 Å². The van der Waals surface area contributed by atoms with Crippen molar-refractivity contribution in [1.82, 2.24) is 0 Å². The lowest BCUT2D eigenvalue weighted by Gasteiger charge is -2.32. The quantitative estimate of drug-likeness (QED) is 0.789. The number of carbonyl (C=O) groups is 2. The molecule has 0 bridgehead atoms. The van der Waals surface area contributed by atoms with Gasteiger partial charge in [0.15, 0.2) is 5.78 Å². The van der Waals surface area contributed by atoms with Crippen molar-refractivity contribution in [2.45, 2.75) is 46.0 Å². The van der Waals surface area contributed by atoms with Gasteiger partial charge in [-0.2, -0.15) is 0 Å². The number of esters is 1. The minimum atomic E-state index is -0.596. The van der Waals surface area contributed by atoms with Gasteiger partial charge in [-0.15, -0.1) is 0 Å². The van der Waals surface area contributed by atoms with Crippen molar-refractivity contribution in [3.8, 4) is 0 Å². The van der Waals surface area contributed by atoms with Crippen molar-refractivity contribution in [2.75, 3.05) is 6.61 Å². The molecular formula is C19H23ClO4. The maximum Gasteiger partial charge on any atom is 0.306 e. The third kappa shape index (κ3) is 4.18. The number of aliphatic hydroxyl groups is 1. The van der Waals surface area contributed by atoms with Crippen LogP contribution in [0.5, 0.6) is 0 Å². The second-order valence-electron chi connectivity index (χ2n) is 6.88. The zero-order valence-corrected chi connectivity index (χ0v) is 15.0. The van der Waals surface area contributed by atoms with Crippen molar-refractivity contribution in [1.29, 1.82) is 0 Å². The highest BCUT2D eigenvalue weighted by Gasteiger charge is 2.38. The Bertz CT molecular complexity index is 676. The van der Waals surface area contributed by atoms with Crippen molar-refractivity contribution in [3.05, 3.63) is 46.2 Å². The van der Waals surface area contributed by atoms with Gasteiger partial charge in [0.25, 0.3) is 0 Å². The number of hydrogen-bond donors (Lipinski definition) is 1. The number of carbonyl (C=O) groups excluding carboxylic acids is 2. The van der Waals surface area contributed by atoms with Gasteiger partial charge in [0.2, 0.25) is 0 Å². The predicted octanol–water partition coefficient (Wildman–Crippen LogP) is 4.58. The molecule has 2 rings (SSSR count). The summed E-state index contributed by atoms with van der Waals surface area (Å²) in [5.74, 6) is -1.11. The number of ether oxygens (including phenoxy) is 1. The van der Waals surface area contributed by atoms with Gasteiger partial charge >= 0.3 is 5.97 Å². The van der Waals surface area contributed by atoms with Gasteiger partial charge in [-0.25, -0.2) is 0 Å². The first-order chi connectivity index (χ1) is 11.2. The number of allylic oxidation sites excluding steroid dienone is 2. The summed E-state index contributed by atoms with van der Waals surface area (Å²) in [6.45, 7) is 5.87. The van der Waals surface area contributed by atoms with E-state index in [0.717, 1.165) is 0 Å². The van der Waals surface area contributed by atoms with Gasteiger partial charge in [0.1, 0.15) is 5.76 Å². The molecule has 0 aliphatic heterocycles. The lowest BCUT2D eigenvalue weighted by atomic mass is 9.72. The smallest absolute Gasteiger partial charge is 0.306 e. The van der Waals surface area contributed by atoms with E-state index in [9.17, 15) is 14.7 Å². The monoisotopic (exact) mass is 350 g/mol. The first-order valence-corrected chi connectivity index (χ1v) is 8.48. The van der Waals surface area contributed by atoms with Crippen LogP contribution in [0, 0.1) is 5.41 Å². The standard InChI is InChI=1S/C19H23ClO4/c1-4-24-17(23)9-13(12-7-5-6-8-14(12)20)18-15(21)10-19(2,3)11-16(18)22/h5-8,13,21H,4,9-11H2,1-3H3. The third-order valence-electron chi connectivity index (χ3n) is 4.20. The summed E-state index contributed by atoms with van der Waals surface area (Å²) in [7, 11) is 0. The van der Waals surface area contributed by atoms with Crippen LogP contribution in [0.25, 0.3) is 0 Å². The Kier molecular flexibility index (Phi) is 5.70. The Hall–Kier alpha value is -1.81. The van der Waals surface area contributed by atoms with E-state index in [2.05, 4.69) is 0 Å². The Morgan fingerprint density at radius 2 is 2.00 bits per heavy atom. The number of hydrogen-bond acceptors (Lipinski definition) is 4. The molecule has 130 valence electrons. The molecule has 0 fully saturated rings. The van der Waals surface area contributed by atoms with Gasteiger partial charge in [-0.1, -0.05) is 43.6 Å². The molecule has 1 N–H and O–H groups in total. The molecule has 0 spiro atoms. The van der Waals surface area contributed by atoms with Crippen LogP contribution in [-0.4, -0.2) is 23.5 Å². The molecule has 1 aliphatic rings. The molecule has 1 aliphatic carbocycles. The lowest BCUT2D eigenvalue weighted by Crippen LogP contribution is -2.29. The maximum absolute atomic E-state index is 12.7. The van der Waals surface area contributed by atoms with E-state index in [-0.39, 0.29) is 35.6 Å². The summed E-state index contributed by atoms with van der Waals surface area (Å²) >= 11 is 6.28. The van der Waals surface area contributed by atoms with E-state index in [0.29, 0.717) is 23.4 Å². The molecule has 4 nitrogen and oxygen atoms in total. The average Bonchev–Trinajstić information content (AvgIpc) is 2.45. The number of rotatable bonds is 5. The second kappa shape index (κ2) is 7.39. The maximum atomic E-state index is 12.7. The molecule has 0 saturated heterocycles. The molecule has 1 unspecified atom stereocenters. The average molecular weight is 351 g/mol. The summed E-state index contributed by atoms with van der Waals surface area (Å²) in [5, 5.41) is 11.0. The van der Waals surface area contributed by atoms with Crippen LogP contribution in [0.4, 0.5) is 0 Å². The molecule has 5 heteroatoms. The normalized spacial score (nSPS) is 18.4. The summed E-state index contributed by atoms with van der Waals surface area (Å²) in [4.78, 5) is 24.7. The van der Waals surface area contributed by atoms with Crippen LogP contribution in [0.1, 0.15) is 51.5 Å². The van der Waals surface area contributed by atoms with Crippen LogP contribution < -0.4 is 0 Å². The fourth-order valence-corrected chi connectivity index (χ4v) is 3.48. The lowest BCUT2D eigenvalue weighted by molar-refractivity contribution is -0.143. The molecule has 0 aromatic heterocycles. The molecule has 1 atom stereocenters. The number of aliphatic hydroxyl groups excluding tert-OH is 1. The highest BCUT2D eigenvalue weighted by Crippen LogP contribution is 2.43. The molecule has 1 aromatic carbocycles. The molecule has 0 heterocycles. The highest BCUT2D eigenvalue weighted by molar-refractivity contribution is 6.31. The predicted molar refractivity (Wildman–Crippen MR) is 93.1 cm³/mol. The fourth-order valence-electron chi connectivity index (χ4n) is 3.21. The van der Waals surface area contributed by atoms with E-state index in [1.54, 1.807) is 31.2 Å². The highest BCUT2D eigenvalue weighted by atomic mass is 35.5. The molecule has 0 saturated carbocycles. The number of Topliss-reactive ketones (excluding diaryl/α,β-unsaturated/α-hetero) is 1. The van der Waals surface area contributed by atoms with Crippen LogP contribution in [0.15, 0.2) is 35.6 Å². The Balaban J connectivity index is 2.48. The Labute approximate surface area is 147 Å². The van der Waals surface area contributed by atoms with E-state index in [1.807, 2.05) is 13.8 Å². The second-order valence-corrected chi connectivity index (χ2v) is 7.29. The van der Waals surface area contributed by atoms with Gasteiger partial charge < -0.3 is 9.84 Å². The van der Waals surface area contributed by atoms with Crippen molar-refractivity contribution in [3.63, 3.8) is 0 Å². The van der Waals surface area contributed by atoms with Crippen molar-refractivity contribution >= 4 is 23.4 Å². The molecule has 0 radical (unpaired) electrons. The number of halogens is 1. The van der Waals surface area contributed by atoms with Crippen LogP contribution in [0.3, 0.4) is 0 Å². The van der Waals surface area contributed by atoms with Crippen molar-refractivity contribution in [2.24, 2.45) is 5.41 Å². The Morgan fingerprint density at radius 1 is 1.33 bits per heavy atom. The van der Waals surface area contributed by atoms with Gasteiger partial charge in [0, 0.05) is 29.4 Å². The third-order valence-corrected chi connectivity index (χ3v) is 4.55. The first-order valence-electron chi connectivity index (χ1n) is 8.10. The molecule has 1 aromatic rings. The zero-order chi connectivity index (χ0) is 17.9. The molecular weight excluding hydrogens is 328 g/mol. The zero-order valence-electron chi connectivity index (χ0n) is 14.3. The number of benzene rings is 1. The van der Waals surface area contributed by atoms with Crippen LogP contribution >= 0.6 is 11.6 Å². The minimum Gasteiger partial charge on any atom is -0.512 e. The summed E-state index contributed by atoms with van der Waals surface area (Å²) in [5.41, 5.74) is 0.650. The summed E-state index contributed by atoms with van der Waals surface area (Å²) in [6.07, 6.45) is 0.706. The minimum absolute atomic E-state index is 0.0247. The summed E-state index contributed by atoms with van der Waals surface area (Å²) < 4.78 is 5.04. The van der Waals surface area contributed by atoms with Gasteiger partial charge in [-0.3, -0.25) is 9.59 Å². The fraction of sp³-hybridized carbons (Fsp3) is 0.474. The first kappa shape index (κ1) is 18.5. The number of ketones is 1. The van der Waals surface area contributed by atoms with Crippen molar-refractivity contribution < 1.29 is 19.4 Å². The van der Waals surface area contributed by atoms with Crippen LogP contribution in [-0.2, 0) is 14.3 Å². The largest absolute Gasteiger partial charge is 0.512 e. The summed E-state index contributed by atoms with van der Waals surface area (Å²) in [6, 6.07) is 7.07. The van der Waals surface area contributed by atoms with E-state index < -0.39 is 11.9 Å². The molecule has 0 amide bonds. The van der Waals surface area contributed by atoms with E-state index >= 15 is 0 Å². The molecule has 24 heavy (non-hydrogen) atoms. The SMILES string of the molecule is CCOC(=O)CC(C1=C(O)CC(C)(C)CC1=O)c1ccccc1Cl. The Morgan fingerprint density at radius 3 is 2.58 bits per heavy atom. The van der Waals surface area contributed by atoms with E-state index in [1.165, 1.54) is 0 Å². The van der Waals surface area contributed by atoms with Gasteiger partial charge in [-0.05, 0) is 24.0 Å². The van der Waals surface area contributed by atoms with Gasteiger partial charge in [0.05, 0.1) is 13.0 Å². The van der Waals surface area contributed by atoms with Crippen LogP contribution in [0.2, 0.25) is 5.02 Å². The topological polar surface area (TPSA) is 63.6 Å².